The average molecular weight is 216 g/mol. The van der Waals surface area contributed by atoms with Crippen LogP contribution in [0.15, 0.2) is 24.3 Å². The molecule has 1 aliphatic carbocycles. The summed E-state index contributed by atoms with van der Waals surface area (Å²) in [6, 6.07) is 9.32. The van der Waals surface area contributed by atoms with Crippen molar-refractivity contribution in [3.63, 3.8) is 0 Å². The van der Waals surface area contributed by atoms with E-state index in [1.807, 2.05) is 12.1 Å². The van der Waals surface area contributed by atoms with Gasteiger partial charge in [0.1, 0.15) is 6.07 Å². The molecular formula is C12H12N2O2. The minimum absolute atomic E-state index is 0.198. The summed E-state index contributed by atoms with van der Waals surface area (Å²) in [5, 5.41) is 20.7. The first kappa shape index (κ1) is 10.5. The summed E-state index contributed by atoms with van der Waals surface area (Å²) in [6.07, 6.45) is 0.733. The maximum Gasteiger partial charge on any atom is 0.306 e. The Kier molecular flexibility index (Phi) is 2.78. The van der Waals surface area contributed by atoms with Gasteiger partial charge in [0.15, 0.2) is 0 Å². The van der Waals surface area contributed by atoms with Crippen LogP contribution in [0.1, 0.15) is 12.0 Å². The van der Waals surface area contributed by atoms with Gasteiger partial charge in [-0.25, -0.2) is 0 Å². The van der Waals surface area contributed by atoms with Crippen LogP contribution in [0.25, 0.3) is 0 Å². The van der Waals surface area contributed by atoms with Crippen LogP contribution >= 0.6 is 0 Å². The zero-order chi connectivity index (χ0) is 11.5. The maximum absolute atomic E-state index is 10.6. The van der Waals surface area contributed by atoms with Crippen LogP contribution < -0.4 is 5.32 Å². The van der Waals surface area contributed by atoms with E-state index in [0.29, 0.717) is 12.1 Å². The molecule has 1 saturated carbocycles. The van der Waals surface area contributed by atoms with Crippen molar-refractivity contribution in [1.82, 2.24) is 0 Å². The molecule has 0 saturated heterocycles. The summed E-state index contributed by atoms with van der Waals surface area (Å²) < 4.78 is 0. The Morgan fingerprint density at radius 3 is 2.94 bits per heavy atom. The summed E-state index contributed by atoms with van der Waals surface area (Å²) in [4.78, 5) is 10.6. The zero-order valence-electron chi connectivity index (χ0n) is 8.68. The summed E-state index contributed by atoms with van der Waals surface area (Å²) >= 11 is 0. The van der Waals surface area contributed by atoms with E-state index in [4.69, 9.17) is 10.4 Å². The number of hydrogen-bond acceptors (Lipinski definition) is 3. The lowest BCUT2D eigenvalue weighted by atomic mass is 10.2. The van der Waals surface area contributed by atoms with Crippen LogP contribution in [-0.2, 0) is 4.79 Å². The van der Waals surface area contributed by atoms with Crippen molar-refractivity contribution >= 4 is 11.7 Å². The Balaban J connectivity index is 1.92. The smallest absolute Gasteiger partial charge is 0.306 e. The third kappa shape index (κ3) is 2.14. The van der Waals surface area contributed by atoms with Crippen molar-refractivity contribution in [2.45, 2.75) is 6.42 Å². The van der Waals surface area contributed by atoms with Crippen LogP contribution in [0, 0.1) is 23.2 Å². The molecule has 16 heavy (non-hydrogen) atoms. The van der Waals surface area contributed by atoms with E-state index in [0.717, 1.165) is 12.1 Å². The van der Waals surface area contributed by atoms with E-state index in [-0.39, 0.29) is 11.8 Å². The number of benzene rings is 1. The number of anilines is 1. The lowest BCUT2D eigenvalue weighted by molar-refractivity contribution is -0.138. The summed E-state index contributed by atoms with van der Waals surface area (Å²) in [6.45, 7) is 0.621. The topological polar surface area (TPSA) is 73.1 Å². The van der Waals surface area contributed by atoms with E-state index >= 15 is 0 Å². The Morgan fingerprint density at radius 1 is 1.56 bits per heavy atom. The van der Waals surface area contributed by atoms with Gasteiger partial charge in [0, 0.05) is 6.54 Å². The molecule has 2 unspecified atom stereocenters. The number of hydrogen-bond donors (Lipinski definition) is 2. The first-order chi connectivity index (χ1) is 7.72. The quantitative estimate of drug-likeness (QED) is 0.803. The number of carbonyl (C=O) groups is 1. The second-order valence-electron chi connectivity index (χ2n) is 3.98. The Labute approximate surface area is 93.5 Å². The van der Waals surface area contributed by atoms with Gasteiger partial charge < -0.3 is 10.4 Å². The van der Waals surface area contributed by atoms with E-state index in [2.05, 4.69) is 11.4 Å². The van der Waals surface area contributed by atoms with Crippen molar-refractivity contribution in [2.24, 2.45) is 11.8 Å². The molecule has 0 amide bonds. The Hall–Kier alpha value is -2.02. The number of aliphatic carboxylic acids is 1. The first-order valence-electron chi connectivity index (χ1n) is 5.18. The lowest BCUT2D eigenvalue weighted by Crippen LogP contribution is -2.09. The molecule has 1 fully saturated rings. The van der Waals surface area contributed by atoms with Crippen molar-refractivity contribution in [3.05, 3.63) is 29.8 Å². The highest BCUT2D eigenvalue weighted by Crippen LogP contribution is 2.38. The number of para-hydroxylation sites is 1. The van der Waals surface area contributed by atoms with Crippen LogP contribution in [0.5, 0.6) is 0 Å². The van der Waals surface area contributed by atoms with Crippen molar-refractivity contribution in [2.75, 3.05) is 11.9 Å². The molecule has 0 aliphatic heterocycles. The van der Waals surface area contributed by atoms with Gasteiger partial charge in [-0.3, -0.25) is 4.79 Å². The van der Waals surface area contributed by atoms with Crippen molar-refractivity contribution < 1.29 is 9.90 Å². The second kappa shape index (κ2) is 4.23. The molecule has 1 aromatic carbocycles. The van der Waals surface area contributed by atoms with Crippen LogP contribution in [0.2, 0.25) is 0 Å². The molecule has 1 aliphatic rings. The minimum Gasteiger partial charge on any atom is -0.481 e. The third-order valence-corrected chi connectivity index (χ3v) is 2.84. The van der Waals surface area contributed by atoms with Crippen molar-refractivity contribution in [3.8, 4) is 6.07 Å². The summed E-state index contributed by atoms with van der Waals surface area (Å²) in [5.41, 5.74) is 1.37. The number of carboxylic acids is 1. The number of nitrogens with one attached hydrogen (secondary N) is 1. The standard InChI is InChI=1S/C12H12N2O2/c13-6-8-3-1-2-4-11(8)14-7-9-5-10(9)12(15)16/h1-4,9-10,14H,5,7H2,(H,15,16). The molecule has 82 valence electrons. The normalized spacial score (nSPS) is 22.2. The van der Waals surface area contributed by atoms with Gasteiger partial charge in [0.2, 0.25) is 0 Å². The van der Waals surface area contributed by atoms with Gasteiger partial charge in [-0.2, -0.15) is 5.26 Å². The molecule has 0 spiro atoms. The number of nitrogens with zero attached hydrogens (tertiary/aromatic N) is 1. The SMILES string of the molecule is N#Cc1ccccc1NCC1CC1C(=O)O. The highest BCUT2D eigenvalue weighted by atomic mass is 16.4. The number of rotatable bonds is 4. The number of nitriles is 1. The van der Waals surface area contributed by atoms with Crippen LogP contribution in [-0.4, -0.2) is 17.6 Å². The average Bonchev–Trinajstić information content (AvgIpc) is 3.06. The fourth-order valence-electron chi connectivity index (χ4n) is 1.75. The molecule has 2 N–H and O–H groups in total. The molecule has 0 bridgehead atoms. The molecule has 0 radical (unpaired) electrons. The van der Waals surface area contributed by atoms with Crippen LogP contribution in [0.4, 0.5) is 5.69 Å². The molecule has 4 nitrogen and oxygen atoms in total. The molecule has 0 heterocycles. The van der Waals surface area contributed by atoms with Gasteiger partial charge in [-0.1, -0.05) is 12.1 Å². The lowest BCUT2D eigenvalue weighted by Gasteiger charge is -2.06. The maximum atomic E-state index is 10.6. The van der Waals surface area contributed by atoms with Gasteiger partial charge in [0.05, 0.1) is 17.2 Å². The van der Waals surface area contributed by atoms with Gasteiger partial charge in [0.25, 0.3) is 0 Å². The third-order valence-electron chi connectivity index (χ3n) is 2.84. The minimum atomic E-state index is -0.722. The summed E-state index contributed by atoms with van der Waals surface area (Å²) in [7, 11) is 0. The van der Waals surface area contributed by atoms with Gasteiger partial charge in [-0.05, 0) is 24.5 Å². The number of carboxylic acid groups (broad SMARTS) is 1. The Morgan fingerprint density at radius 2 is 2.31 bits per heavy atom. The Bertz CT molecular complexity index is 451. The fraction of sp³-hybridized carbons (Fsp3) is 0.333. The first-order valence-corrected chi connectivity index (χ1v) is 5.18. The van der Waals surface area contributed by atoms with Crippen LogP contribution in [0.3, 0.4) is 0 Å². The van der Waals surface area contributed by atoms with E-state index in [9.17, 15) is 4.79 Å². The van der Waals surface area contributed by atoms with Crippen molar-refractivity contribution in [1.29, 1.82) is 5.26 Å². The molecule has 2 atom stereocenters. The van der Waals surface area contributed by atoms with Gasteiger partial charge in [-0.15, -0.1) is 0 Å². The monoisotopic (exact) mass is 216 g/mol. The van der Waals surface area contributed by atoms with Gasteiger partial charge >= 0.3 is 5.97 Å². The molecule has 4 heteroatoms. The second-order valence-corrected chi connectivity index (χ2v) is 3.98. The largest absolute Gasteiger partial charge is 0.481 e. The highest BCUT2D eigenvalue weighted by molar-refractivity contribution is 5.73. The summed E-state index contributed by atoms with van der Waals surface area (Å²) in [5.74, 6) is -0.730. The van der Waals surface area contributed by atoms with E-state index in [1.165, 1.54) is 0 Å². The highest BCUT2D eigenvalue weighted by Gasteiger charge is 2.42. The molecular weight excluding hydrogens is 204 g/mol. The predicted molar refractivity (Wildman–Crippen MR) is 58.9 cm³/mol. The van der Waals surface area contributed by atoms with E-state index in [1.54, 1.807) is 12.1 Å². The molecule has 0 aromatic heterocycles. The van der Waals surface area contributed by atoms with E-state index < -0.39 is 5.97 Å². The molecule has 2 rings (SSSR count). The molecule has 1 aromatic rings. The zero-order valence-corrected chi connectivity index (χ0v) is 8.68. The fourth-order valence-corrected chi connectivity index (χ4v) is 1.75. The predicted octanol–water partition coefficient (Wildman–Crippen LogP) is 1.69.